The van der Waals surface area contributed by atoms with Gasteiger partial charge in [0.25, 0.3) is 10.0 Å². The summed E-state index contributed by atoms with van der Waals surface area (Å²) >= 11 is 0. The molecule has 3 N–H and O–H groups in total. The van der Waals surface area contributed by atoms with Gasteiger partial charge in [-0.15, -0.1) is 0 Å². The first kappa shape index (κ1) is 15.4. The van der Waals surface area contributed by atoms with E-state index >= 15 is 0 Å². The fourth-order valence-corrected chi connectivity index (χ4v) is 2.87. The Morgan fingerprint density at radius 1 is 1.19 bits per heavy atom. The first-order valence-corrected chi connectivity index (χ1v) is 7.92. The molecule has 0 atom stereocenters. The van der Waals surface area contributed by atoms with Crippen LogP contribution in [0.4, 0.5) is 10.1 Å². The molecule has 0 bridgehead atoms. The number of aryl methyl sites for hydroxylation is 1. The molecule has 21 heavy (non-hydrogen) atoms. The lowest BCUT2D eigenvalue weighted by molar-refractivity contribution is 0.598. The predicted molar refractivity (Wildman–Crippen MR) is 78.8 cm³/mol. The lowest BCUT2D eigenvalue weighted by Crippen LogP contribution is -2.14. The Morgan fingerprint density at radius 2 is 1.90 bits per heavy atom. The van der Waals surface area contributed by atoms with Gasteiger partial charge in [0.2, 0.25) is 0 Å². The van der Waals surface area contributed by atoms with Gasteiger partial charge in [0.15, 0.2) is 5.82 Å². The molecule has 0 aliphatic heterocycles. The van der Waals surface area contributed by atoms with E-state index in [4.69, 9.17) is 5.73 Å². The van der Waals surface area contributed by atoms with Gasteiger partial charge in [-0.25, -0.2) is 12.8 Å². The highest BCUT2D eigenvalue weighted by Gasteiger charge is 2.16. The van der Waals surface area contributed by atoms with Gasteiger partial charge in [-0.1, -0.05) is 12.1 Å². The molecule has 0 spiro atoms. The summed E-state index contributed by atoms with van der Waals surface area (Å²) in [5.41, 5.74) is 6.31. The molecule has 2 rings (SSSR count). The summed E-state index contributed by atoms with van der Waals surface area (Å²) in [6.07, 6.45) is 3.90. The summed E-state index contributed by atoms with van der Waals surface area (Å²) in [7, 11) is -3.82. The highest BCUT2D eigenvalue weighted by atomic mass is 32.2. The first-order chi connectivity index (χ1) is 10.0. The topological polar surface area (TPSA) is 85.1 Å². The molecule has 7 heteroatoms. The van der Waals surface area contributed by atoms with Crippen LogP contribution in [0.15, 0.2) is 47.6 Å². The van der Waals surface area contributed by atoms with Crippen LogP contribution >= 0.6 is 0 Å². The number of hydrogen-bond acceptors (Lipinski definition) is 4. The van der Waals surface area contributed by atoms with Crippen LogP contribution in [0.25, 0.3) is 0 Å². The van der Waals surface area contributed by atoms with Gasteiger partial charge in [-0.3, -0.25) is 9.71 Å². The number of nitrogens with one attached hydrogen (secondary N) is 1. The molecular weight excluding hydrogens is 293 g/mol. The van der Waals surface area contributed by atoms with Crippen molar-refractivity contribution in [3.8, 4) is 0 Å². The van der Waals surface area contributed by atoms with E-state index < -0.39 is 15.8 Å². The SMILES string of the molecule is NCCCc1ccc(S(=O)(=O)Nc2ccncc2F)cc1. The van der Waals surface area contributed by atoms with Gasteiger partial charge >= 0.3 is 0 Å². The van der Waals surface area contributed by atoms with E-state index in [1.165, 1.54) is 24.4 Å². The van der Waals surface area contributed by atoms with Crippen LogP contribution in [-0.4, -0.2) is 19.9 Å². The summed E-state index contributed by atoms with van der Waals surface area (Å²) in [5, 5.41) is 0. The van der Waals surface area contributed by atoms with Crippen LogP contribution in [0.1, 0.15) is 12.0 Å². The van der Waals surface area contributed by atoms with E-state index in [-0.39, 0.29) is 10.6 Å². The first-order valence-electron chi connectivity index (χ1n) is 6.44. The number of sulfonamides is 1. The summed E-state index contributed by atoms with van der Waals surface area (Å²) in [5.74, 6) is -0.722. The largest absolute Gasteiger partial charge is 0.330 e. The third kappa shape index (κ3) is 3.99. The van der Waals surface area contributed by atoms with E-state index in [1.807, 2.05) is 0 Å². The van der Waals surface area contributed by atoms with Crippen molar-refractivity contribution in [1.82, 2.24) is 4.98 Å². The molecule has 0 amide bonds. The number of anilines is 1. The van der Waals surface area contributed by atoms with Gasteiger partial charge in [-0.05, 0) is 43.1 Å². The highest BCUT2D eigenvalue weighted by Crippen LogP contribution is 2.18. The molecule has 0 fully saturated rings. The lowest BCUT2D eigenvalue weighted by Gasteiger charge is -2.09. The molecule has 1 aromatic heterocycles. The van der Waals surface area contributed by atoms with E-state index in [9.17, 15) is 12.8 Å². The Kier molecular flexibility index (Phi) is 4.87. The second-order valence-corrected chi connectivity index (χ2v) is 6.18. The number of hydrogen-bond donors (Lipinski definition) is 2. The van der Waals surface area contributed by atoms with Gasteiger partial charge < -0.3 is 5.73 Å². The van der Waals surface area contributed by atoms with Crippen LogP contribution in [0.5, 0.6) is 0 Å². The van der Waals surface area contributed by atoms with Gasteiger partial charge in [0, 0.05) is 6.20 Å². The normalized spacial score (nSPS) is 11.3. The van der Waals surface area contributed by atoms with E-state index in [0.717, 1.165) is 24.6 Å². The van der Waals surface area contributed by atoms with Crippen LogP contribution < -0.4 is 10.5 Å². The fourth-order valence-electron chi connectivity index (χ4n) is 1.80. The molecule has 0 unspecified atom stereocenters. The average Bonchev–Trinajstić information content (AvgIpc) is 2.48. The number of aromatic nitrogens is 1. The van der Waals surface area contributed by atoms with Crippen molar-refractivity contribution in [3.63, 3.8) is 0 Å². The Morgan fingerprint density at radius 3 is 2.52 bits per heavy atom. The number of benzene rings is 1. The highest BCUT2D eigenvalue weighted by molar-refractivity contribution is 7.92. The number of nitrogens with zero attached hydrogens (tertiary/aromatic N) is 1. The Hall–Kier alpha value is -1.99. The van der Waals surface area contributed by atoms with Crippen molar-refractivity contribution in [2.45, 2.75) is 17.7 Å². The van der Waals surface area contributed by atoms with Crippen LogP contribution in [0, 0.1) is 5.82 Å². The average molecular weight is 309 g/mol. The maximum Gasteiger partial charge on any atom is 0.261 e. The number of rotatable bonds is 6. The van der Waals surface area contributed by atoms with Crippen LogP contribution in [0.3, 0.4) is 0 Å². The Labute approximate surface area is 123 Å². The summed E-state index contributed by atoms with van der Waals surface area (Å²) < 4.78 is 40.0. The van der Waals surface area contributed by atoms with Crippen molar-refractivity contribution in [2.24, 2.45) is 5.73 Å². The molecule has 5 nitrogen and oxygen atoms in total. The molecule has 112 valence electrons. The molecule has 0 aliphatic rings. The zero-order valence-corrected chi connectivity index (χ0v) is 12.1. The van der Waals surface area contributed by atoms with Crippen molar-refractivity contribution >= 4 is 15.7 Å². The molecule has 0 radical (unpaired) electrons. The summed E-state index contributed by atoms with van der Waals surface area (Å²) in [4.78, 5) is 3.65. The van der Waals surface area contributed by atoms with E-state index in [0.29, 0.717) is 6.54 Å². The van der Waals surface area contributed by atoms with Gasteiger partial charge in [0.1, 0.15) is 0 Å². The minimum absolute atomic E-state index is 0.0789. The smallest absolute Gasteiger partial charge is 0.261 e. The molecule has 0 saturated heterocycles. The van der Waals surface area contributed by atoms with Crippen molar-refractivity contribution in [1.29, 1.82) is 0 Å². The quantitative estimate of drug-likeness (QED) is 0.853. The number of nitrogens with two attached hydrogens (primary N) is 1. The zero-order chi connectivity index (χ0) is 15.3. The molecular formula is C14H16FN3O2S. The van der Waals surface area contributed by atoms with Crippen molar-refractivity contribution < 1.29 is 12.8 Å². The Bertz CT molecular complexity index is 702. The van der Waals surface area contributed by atoms with Crippen LogP contribution in [-0.2, 0) is 16.4 Å². The lowest BCUT2D eigenvalue weighted by atomic mass is 10.1. The minimum Gasteiger partial charge on any atom is -0.330 e. The molecule has 0 saturated carbocycles. The summed E-state index contributed by atoms with van der Waals surface area (Å²) in [6, 6.07) is 7.71. The molecule has 1 aromatic carbocycles. The third-order valence-corrected chi connectivity index (χ3v) is 4.30. The second-order valence-electron chi connectivity index (χ2n) is 4.50. The molecule has 0 aliphatic carbocycles. The minimum atomic E-state index is -3.82. The number of halogens is 1. The Balaban J connectivity index is 2.18. The maximum atomic E-state index is 13.4. The second kappa shape index (κ2) is 6.64. The number of pyridine rings is 1. The monoisotopic (exact) mass is 309 g/mol. The van der Waals surface area contributed by atoms with Gasteiger partial charge in [0.05, 0.1) is 16.8 Å². The standard InChI is InChI=1S/C14H16FN3O2S/c15-13-10-17-9-7-14(13)18-21(19,20)12-5-3-11(4-6-12)2-1-8-16/h3-7,9-10H,1-2,8,16H2,(H,17,18). The van der Waals surface area contributed by atoms with E-state index in [2.05, 4.69) is 9.71 Å². The molecule has 1 heterocycles. The third-order valence-electron chi connectivity index (χ3n) is 2.92. The fraction of sp³-hybridized carbons (Fsp3) is 0.214. The van der Waals surface area contributed by atoms with Gasteiger partial charge in [-0.2, -0.15) is 0 Å². The predicted octanol–water partition coefficient (Wildman–Crippen LogP) is 1.91. The molecule has 2 aromatic rings. The maximum absolute atomic E-state index is 13.4. The van der Waals surface area contributed by atoms with Crippen LogP contribution in [0.2, 0.25) is 0 Å². The zero-order valence-electron chi connectivity index (χ0n) is 11.3. The van der Waals surface area contributed by atoms with E-state index in [1.54, 1.807) is 12.1 Å². The summed E-state index contributed by atoms with van der Waals surface area (Å²) in [6.45, 7) is 0.586. The van der Waals surface area contributed by atoms with Crippen molar-refractivity contribution in [3.05, 3.63) is 54.1 Å². The van der Waals surface area contributed by atoms with Crippen molar-refractivity contribution in [2.75, 3.05) is 11.3 Å².